The molecule has 0 aromatic heterocycles. The van der Waals surface area contributed by atoms with Gasteiger partial charge in [-0.25, -0.2) is 4.79 Å². The van der Waals surface area contributed by atoms with Gasteiger partial charge in [0.05, 0.1) is 0 Å². The van der Waals surface area contributed by atoms with E-state index in [0.717, 1.165) is 11.1 Å². The molecule has 1 amide bonds. The molecule has 0 bridgehead atoms. The van der Waals surface area contributed by atoms with Crippen LogP contribution in [0.25, 0.3) is 0 Å². The third kappa shape index (κ3) is 4.78. The Kier molecular flexibility index (Phi) is 6.48. The van der Waals surface area contributed by atoms with Crippen LogP contribution in [-0.4, -0.2) is 17.4 Å². The maximum absolute atomic E-state index is 12.7. The van der Waals surface area contributed by atoms with Crippen molar-refractivity contribution < 1.29 is 14.3 Å². The molecule has 0 saturated heterocycles. The topological polar surface area (TPSA) is 81.4 Å². The van der Waals surface area contributed by atoms with E-state index in [4.69, 9.17) is 10.5 Å². The van der Waals surface area contributed by atoms with E-state index in [2.05, 4.69) is 11.9 Å². The average Bonchev–Trinajstić information content (AvgIpc) is 2.64. The first-order valence-electron chi connectivity index (χ1n) is 7.99. The van der Waals surface area contributed by atoms with Crippen LogP contribution in [0.1, 0.15) is 17.5 Å². The lowest BCUT2D eigenvalue weighted by atomic mass is 9.93. The molecule has 0 aliphatic carbocycles. The van der Waals surface area contributed by atoms with Crippen LogP contribution < -0.4 is 11.1 Å². The molecule has 0 aliphatic rings. The lowest BCUT2D eigenvalue weighted by Gasteiger charge is -2.28. The summed E-state index contributed by atoms with van der Waals surface area (Å²) in [7, 11) is 0. The van der Waals surface area contributed by atoms with E-state index in [1.54, 1.807) is 0 Å². The van der Waals surface area contributed by atoms with Crippen molar-refractivity contribution in [1.29, 1.82) is 0 Å². The van der Waals surface area contributed by atoms with Crippen LogP contribution in [0.5, 0.6) is 0 Å². The van der Waals surface area contributed by atoms with Crippen LogP contribution in [0.2, 0.25) is 0 Å². The summed E-state index contributed by atoms with van der Waals surface area (Å²) in [5.41, 5.74) is 5.65. The Balaban J connectivity index is 2.13. The SMILES string of the molecule is C=CC[C@@](NCc1ccccc1)(C(N)=O)C(=O)OCc1ccccc1. The van der Waals surface area contributed by atoms with Gasteiger partial charge in [0.2, 0.25) is 5.91 Å². The quantitative estimate of drug-likeness (QED) is 0.418. The fraction of sp³-hybridized carbons (Fsp3) is 0.200. The summed E-state index contributed by atoms with van der Waals surface area (Å²) >= 11 is 0. The minimum Gasteiger partial charge on any atom is -0.459 e. The molecule has 130 valence electrons. The van der Waals surface area contributed by atoms with Crippen molar-refractivity contribution in [3.8, 4) is 0 Å². The third-order valence-electron chi connectivity index (χ3n) is 3.87. The molecule has 0 radical (unpaired) electrons. The minimum absolute atomic E-state index is 0.0444. The zero-order valence-electron chi connectivity index (χ0n) is 14.0. The molecule has 2 aromatic rings. The number of rotatable bonds is 9. The highest BCUT2D eigenvalue weighted by Crippen LogP contribution is 2.16. The van der Waals surface area contributed by atoms with Gasteiger partial charge in [-0.2, -0.15) is 0 Å². The summed E-state index contributed by atoms with van der Waals surface area (Å²) in [6, 6.07) is 18.7. The van der Waals surface area contributed by atoms with E-state index >= 15 is 0 Å². The number of hydrogen-bond acceptors (Lipinski definition) is 4. The highest BCUT2D eigenvalue weighted by molar-refractivity contribution is 6.07. The third-order valence-corrected chi connectivity index (χ3v) is 3.87. The van der Waals surface area contributed by atoms with E-state index in [-0.39, 0.29) is 13.0 Å². The van der Waals surface area contributed by atoms with Crippen molar-refractivity contribution in [2.75, 3.05) is 0 Å². The summed E-state index contributed by atoms with van der Waals surface area (Å²) in [6.45, 7) is 4.00. The highest BCUT2D eigenvalue weighted by Gasteiger charge is 2.44. The second kappa shape index (κ2) is 8.80. The first-order valence-corrected chi connectivity index (χ1v) is 7.99. The van der Waals surface area contributed by atoms with Gasteiger partial charge in [-0.05, 0) is 11.1 Å². The number of amides is 1. The zero-order valence-corrected chi connectivity index (χ0v) is 14.0. The van der Waals surface area contributed by atoms with Crippen LogP contribution in [-0.2, 0) is 27.5 Å². The predicted octanol–water partition coefficient (Wildman–Crippen LogP) is 2.32. The van der Waals surface area contributed by atoms with Crippen molar-refractivity contribution in [2.24, 2.45) is 5.73 Å². The minimum atomic E-state index is -1.65. The number of nitrogens with two attached hydrogens (primary N) is 1. The van der Waals surface area contributed by atoms with Gasteiger partial charge in [-0.15, -0.1) is 6.58 Å². The monoisotopic (exact) mass is 338 g/mol. The molecular formula is C20H22N2O3. The lowest BCUT2D eigenvalue weighted by Crippen LogP contribution is -2.61. The van der Waals surface area contributed by atoms with E-state index in [0.29, 0.717) is 6.54 Å². The van der Waals surface area contributed by atoms with Gasteiger partial charge in [0.1, 0.15) is 6.61 Å². The van der Waals surface area contributed by atoms with Crippen molar-refractivity contribution in [3.63, 3.8) is 0 Å². The number of carbonyl (C=O) groups is 2. The van der Waals surface area contributed by atoms with Crippen LogP contribution in [0.4, 0.5) is 0 Å². The second-order valence-electron chi connectivity index (χ2n) is 5.66. The molecule has 0 unspecified atom stereocenters. The van der Waals surface area contributed by atoms with Crippen molar-refractivity contribution in [3.05, 3.63) is 84.4 Å². The Labute approximate surface area is 147 Å². The average molecular weight is 338 g/mol. The Morgan fingerprint density at radius 2 is 1.60 bits per heavy atom. The Bertz CT molecular complexity index is 716. The molecule has 0 aliphatic heterocycles. The lowest BCUT2D eigenvalue weighted by molar-refractivity contribution is -0.156. The number of hydrogen-bond donors (Lipinski definition) is 2. The molecule has 2 aromatic carbocycles. The number of ether oxygens (including phenoxy) is 1. The zero-order chi connectivity index (χ0) is 18.1. The first kappa shape index (κ1) is 18.4. The number of esters is 1. The van der Waals surface area contributed by atoms with Crippen LogP contribution in [0.3, 0.4) is 0 Å². The molecule has 2 rings (SSSR count). The highest BCUT2D eigenvalue weighted by atomic mass is 16.5. The number of primary amides is 1. The van der Waals surface area contributed by atoms with Gasteiger partial charge in [-0.1, -0.05) is 66.7 Å². The predicted molar refractivity (Wildman–Crippen MR) is 96.3 cm³/mol. The second-order valence-corrected chi connectivity index (χ2v) is 5.66. The van der Waals surface area contributed by atoms with Crippen molar-refractivity contribution in [1.82, 2.24) is 5.32 Å². The van der Waals surface area contributed by atoms with E-state index in [1.165, 1.54) is 6.08 Å². The van der Waals surface area contributed by atoms with Gasteiger partial charge < -0.3 is 10.5 Å². The Morgan fingerprint density at radius 3 is 2.12 bits per heavy atom. The van der Waals surface area contributed by atoms with Crippen LogP contribution >= 0.6 is 0 Å². The van der Waals surface area contributed by atoms with Crippen molar-refractivity contribution in [2.45, 2.75) is 25.1 Å². The Hall–Kier alpha value is -2.92. The van der Waals surface area contributed by atoms with Gasteiger partial charge in [-0.3, -0.25) is 10.1 Å². The standard InChI is InChI=1S/C20H22N2O3/c1-2-13-20(18(21)23,22-14-16-9-5-3-6-10-16)19(24)25-15-17-11-7-4-8-12-17/h2-12,22H,1,13-15H2,(H2,21,23)/t20-/m1/s1. The summed E-state index contributed by atoms with van der Waals surface area (Å²) < 4.78 is 5.35. The smallest absolute Gasteiger partial charge is 0.336 e. The molecule has 5 nitrogen and oxygen atoms in total. The molecule has 5 heteroatoms. The maximum atomic E-state index is 12.7. The molecular weight excluding hydrogens is 316 g/mol. The summed E-state index contributed by atoms with van der Waals surface area (Å²) in [5, 5.41) is 2.97. The van der Waals surface area contributed by atoms with Crippen molar-refractivity contribution >= 4 is 11.9 Å². The largest absolute Gasteiger partial charge is 0.459 e. The molecule has 0 spiro atoms. The molecule has 25 heavy (non-hydrogen) atoms. The van der Waals surface area contributed by atoms with Crippen LogP contribution in [0, 0.1) is 0 Å². The fourth-order valence-electron chi connectivity index (χ4n) is 2.43. The van der Waals surface area contributed by atoms with Gasteiger partial charge in [0.15, 0.2) is 5.54 Å². The molecule has 0 heterocycles. The first-order chi connectivity index (χ1) is 12.1. The summed E-state index contributed by atoms with van der Waals surface area (Å²) in [4.78, 5) is 24.8. The van der Waals surface area contributed by atoms with E-state index < -0.39 is 17.4 Å². The summed E-state index contributed by atoms with van der Waals surface area (Å²) in [5.74, 6) is -1.50. The summed E-state index contributed by atoms with van der Waals surface area (Å²) in [6.07, 6.45) is 1.52. The van der Waals surface area contributed by atoms with E-state index in [9.17, 15) is 9.59 Å². The molecule has 0 saturated carbocycles. The number of carbonyl (C=O) groups excluding carboxylic acids is 2. The van der Waals surface area contributed by atoms with Gasteiger partial charge >= 0.3 is 5.97 Å². The maximum Gasteiger partial charge on any atom is 0.336 e. The number of benzene rings is 2. The number of nitrogens with one attached hydrogen (secondary N) is 1. The molecule has 0 fully saturated rings. The van der Waals surface area contributed by atoms with Gasteiger partial charge in [0.25, 0.3) is 0 Å². The Morgan fingerprint density at radius 1 is 1.04 bits per heavy atom. The molecule has 1 atom stereocenters. The van der Waals surface area contributed by atoms with Crippen LogP contribution in [0.15, 0.2) is 73.3 Å². The van der Waals surface area contributed by atoms with E-state index in [1.807, 2.05) is 60.7 Å². The normalized spacial score (nSPS) is 12.8. The fourth-order valence-corrected chi connectivity index (χ4v) is 2.43. The molecule has 3 N–H and O–H groups in total. The van der Waals surface area contributed by atoms with Gasteiger partial charge in [0, 0.05) is 13.0 Å².